The highest BCUT2D eigenvalue weighted by Gasteiger charge is 2.56. The van der Waals surface area contributed by atoms with Crippen LogP contribution in [0.4, 0.5) is 0 Å². The lowest BCUT2D eigenvalue weighted by Gasteiger charge is -2.46. The summed E-state index contributed by atoms with van der Waals surface area (Å²) >= 11 is 0. The average Bonchev–Trinajstić information content (AvgIpc) is 2.85. The number of nitrogens with zero attached hydrogens (tertiary/aromatic N) is 1. The van der Waals surface area contributed by atoms with Crippen molar-refractivity contribution in [2.24, 2.45) is 0 Å². The summed E-state index contributed by atoms with van der Waals surface area (Å²) < 4.78 is 2.58. The molecule has 1 nitrogen and oxygen atoms in total. The Morgan fingerprint density at radius 3 is 2.06 bits per heavy atom. The molecule has 1 heteroatoms. The van der Waals surface area contributed by atoms with Gasteiger partial charge in [-0.3, -0.25) is 0 Å². The molecule has 0 spiro atoms. The fourth-order valence-electron chi connectivity index (χ4n) is 6.16. The van der Waals surface area contributed by atoms with Crippen LogP contribution in [0.15, 0.2) is 74.0 Å². The number of aromatic nitrogens is 1. The summed E-state index contributed by atoms with van der Waals surface area (Å²) in [6.45, 7) is 17.9. The zero-order chi connectivity index (χ0) is 22.7. The van der Waals surface area contributed by atoms with Crippen molar-refractivity contribution in [1.82, 2.24) is 0 Å². The second kappa shape index (κ2) is 7.17. The van der Waals surface area contributed by atoms with Crippen LogP contribution in [-0.2, 0) is 11.0 Å². The van der Waals surface area contributed by atoms with E-state index in [1.165, 1.54) is 38.4 Å². The zero-order valence-corrected chi connectivity index (χ0v) is 19.7. The van der Waals surface area contributed by atoms with Crippen molar-refractivity contribution in [3.8, 4) is 11.3 Å². The average molecular weight is 419 g/mol. The smallest absolute Gasteiger partial charge is 0.192 e. The highest BCUT2D eigenvalue weighted by Crippen LogP contribution is 2.50. The van der Waals surface area contributed by atoms with Crippen molar-refractivity contribution >= 4 is 33.7 Å². The van der Waals surface area contributed by atoms with Crippen molar-refractivity contribution in [2.75, 3.05) is 0 Å². The van der Waals surface area contributed by atoms with E-state index in [9.17, 15) is 0 Å². The van der Waals surface area contributed by atoms with Crippen molar-refractivity contribution in [3.05, 3.63) is 90.6 Å². The lowest BCUT2D eigenvalue weighted by molar-refractivity contribution is -0.764. The predicted octanol–water partition coefficient (Wildman–Crippen LogP) is 8.04. The van der Waals surface area contributed by atoms with Crippen molar-refractivity contribution in [3.63, 3.8) is 0 Å². The molecule has 32 heavy (non-hydrogen) atoms. The molecule has 1 aliphatic heterocycles. The van der Waals surface area contributed by atoms with E-state index >= 15 is 0 Å². The van der Waals surface area contributed by atoms with Gasteiger partial charge in [0, 0.05) is 24.8 Å². The summed E-state index contributed by atoms with van der Waals surface area (Å²) in [7, 11) is 0. The molecule has 160 valence electrons. The molecule has 0 saturated carbocycles. The van der Waals surface area contributed by atoms with E-state index in [4.69, 9.17) is 0 Å². The van der Waals surface area contributed by atoms with E-state index < -0.39 is 0 Å². The molecule has 0 aliphatic carbocycles. The molecule has 0 amide bonds. The van der Waals surface area contributed by atoms with Crippen molar-refractivity contribution < 1.29 is 4.57 Å². The standard InChI is InChI=1S/C31H32N/c1-7-21-22(8-2)26-19-29-25-17-13-14-18-28(25)30(5,9-3)31(6,10-4)32(29)20-27(26)24-16-12-11-15-23(21)24/h7-8,11-20H,1-2,9-10H2,3-6H3/q+1. The molecule has 3 aromatic carbocycles. The van der Waals surface area contributed by atoms with Crippen LogP contribution < -0.4 is 4.57 Å². The van der Waals surface area contributed by atoms with Crippen LogP contribution >= 0.6 is 0 Å². The first-order valence-corrected chi connectivity index (χ1v) is 11.7. The second-order valence-electron chi connectivity index (χ2n) is 9.50. The van der Waals surface area contributed by atoms with Gasteiger partial charge in [-0.25, -0.2) is 0 Å². The first kappa shape index (κ1) is 20.7. The largest absolute Gasteiger partial charge is 0.213 e. The summed E-state index contributed by atoms with van der Waals surface area (Å²) in [4.78, 5) is 0. The molecule has 2 atom stereocenters. The van der Waals surface area contributed by atoms with Crippen LogP contribution in [-0.4, -0.2) is 0 Å². The van der Waals surface area contributed by atoms with E-state index in [0.717, 1.165) is 24.0 Å². The lowest BCUT2D eigenvalue weighted by atomic mass is 9.60. The molecular formula is C31H32N+. The van der Waals surface area contributed by atoms with Gasteiger partial charge >= 0.3 is 0 Å². The Balaban J connectivity index is 2.03. The number of hydrogen-bond donors (Lipinski definition) is 0. The molecule has 0 radical (unpaired) electrons. The maximum Gasteiger partial charge on any atom is 0.213 e. The Kier molecular flexibility index (Phi) is 4.64. The first-order valence-electron chi connectivity index (χ1n) is 11.7. The van der Waals surface area contributed by atoms with Gasteiger partial charge in [-0.2, -0.15) is 4.57 Å². The first-order chi connectivity index (χ1) is 15.4. The molecule has 5 rings (SSSR count). The van der Waals surface area contributed by atoms with E-state index in [-0.39, 0.29) is 11.0 Å². The van der Waals surface area contributed by atoms with Gasteiger partial charge in [-0.15, -0.1) is 0 Å². The molecule has 4 aromatic rings. The van der Waals surface area contributed by atoms with Gasteiger partial charge in [0.2, 0.25) is 5.69 Å². The summed E-state index contributed by atoms with van der Waals surface area (Å²) in [6, 6.07) is 20.1. The fraction of sp³-hybridized carbons (Fsp3) is 0.258. The van der Waals surface area contributed by atoms with Crippen LogP contribution in [0, 0.1) is 0 Å². The van der Waals surface area contributed by atoms with Gasteiger partial charge in [-0.05, 0) is 46.9 Å². The van der Waals surface area contributed by atoms with Gasteiger partial charge in [-0.1, -0.05) is 81.6 Å². The third-order valence-electron chi connectivity index (χ3n) is 8.50. The summed E-state index contributed by atoms with van der Waals surface area (Å²) in [5, 5.41) is 5.03. The van der Waals surface area contributed by atoms with E-state index in [1.54, 1.807) is 0 Å². The predicted molar refractivity (Wildman–Crippen MR) is 139 cm³/mol. The maximum atomic E-state index is 4.18. The van der Waals surface area contributed by atoms with Gasteiger partial charge in [0.05, 0.1) is 16.4 Å². The maximum absolute atomic E-state index is 4.18. The van der Waals surface area contributed by atoms with Crippen LogP contribution in [0.25, 0.3) is 45.0 Å². The monoisotopic (exact) mass is 418 g/mol. The molecule has 0 saturated heterocycles. The second-order valence-corrected chi connectivity index (χ2v) is 9.50. The minimum absolute atomic E-state index is 0.0355. The number of fused-ring (bicyclic) bond motifs is 6. The Labute approximate surface area is 191 Å². The Morgan fingerprint density at radius 1 is 0.781 bits per heavy atom. The van der Waals surface area contributed by atoms with E-state index in [2.05, 4.69) is 106 Å². The minimum atomic E-state index is -0.0355. The normalized spacial score (nSPS) is 21.9. The molecule has 1 aromatic heterocycles. The number of rotatable bonds is 4. The highest BCUT2D eigenvalue weighted by molar-refractivity contribution is 6.14. The van der Waals surface area contributed by atoms with Gasteiger partial charge < -0.3 is 0 Å². The van der Waals surface area contributed by atoms with Crippen LogP contribution in [0.3, 0.4) is 0 Å². The van der Waals surface area contributed by atoms with Crippen molar-refractivity contribution in [2.45, 2.75) is 51.5 Å². The van der Waals surface area contributed by atoms with Crippen LogP contribution in [0.2, 0.25) is 0 Å². The molecule has 0 fully saturated rings. The number of benzene rings is 3. The van der Waals surface area contributed by atoms with Gasteiger partial charge in [0.15, 0.2) is 11.7 Å². The van der Waals surface area contributed by atoms with Gasteiger partial charge in [0.1, 0.15) is 0 Å². The Bertz CT molecular complexity index is 1410. The third kappa shape index (κ3) is 2.43. The quantitative estimate of drug-likeness (QED) is 0.233. The molecule has 2 unspecified atom stereocenters. The lowest BCUT2D eigenvalue weighted by Crippen LogP contribution is -2.67. The molecular weight excluding hydrogens is 386 g/mol. The van der Waals surface area contributed by atoms with Crippen LogP contribution in [0.5, 0.6) is 0 Å². The van der Waals surface area contributed by atoms with Gasteiger partial charge in [0.25, 0.3) is 0 Å². The SMILES string of the molecule is C=Cc1c(C=C)c2cc3[n+](cc2c2ccccc12)C(C)(CC)C(C)(CC)c1ccccc1-3. The number of pyridine rings is 1. The molecule has 1 aliphatic rings. The fourth-order valence-corrected chi connectivity index (χ4v) is 6.16. The van der Waals surface area contributed by atoms with E-state index in [0.29, 0.717) is 0 Å². The van der Waals surface area contributed by atoms with Crippen molar-refractivity contribution in [1.29, 1.82) is 0 Å². The zero-order valence-electron chi connectivity index (χ0n) is 19.7. The van der Waals surface area contributed by atoms with Crippen LogP contribution in [0.1, 0.15) is 57.2 Å². The Hall–Kier alpha value is -3.19. The third-order valence-corrected chi connectivity index (χ3v) is 8.50. The molecule has 2 heterocycles. The topological polar surface area (TPSA) is 3.88 Å². The Morgan fingerprint density at radius 2 is 1.41 bits per heavy atom. The molecule has 0 bridgehead atoms. The molecule has 0 N–H and O–H groups in total. The highest BCUT2D eigenvalue weighted by atomic mass is 15.1. The number of hydrogen-bond acceptors (Lipinski definition) is 0. The minimum Gasteiger partial charge on any atom is -0.192 e. The summed E-state index contributed by atoms with van der Waals surface area (Å²) in [5.41, 5.74) is 6.42. The van der Waals surface area contributed by atoms with E-state index in [1.807, 2.05) is 12.2 Å². The summed E-state index contributed by atoms with van der Waals surface area (Å²) in [5.74, 6) is 0. The summed E-state index contributed by atoms with van der Waals surface area (Å²) in [6.07, 6.45) is 8.54.